The van der Waals surface area contributed by atoms with Crippen LogP contribution in [0.4, 0.5) is 0 Å². The molecule has 17 heavy (non-hydrogen) atoms. The molecule has 1 fully saturated rings. The number of rotatable bonds is 2. The third-order valence-electron chi connectivity index (χ3n) is 3.05. The second-order valence-corrected chi connectivity index (χ2v) is 6.30. The Bertz CT molecular complexity index is 481. The van der Waals surface area contributed by atoms with Crippen LogP contribution in [0.3, 0.4) is 0 Å². The first-order valence-corrected chi connectivity index (χ1v) is 7.22. The third-order valence-corrected chi connectivity index (χ3v) is 4.96. The van der Waals surface area contributed by atoms with Gasteiger partial charge in [-0.1, -0.05) is 17.7 Å². The highest BCUT2D eigenvalue weighted by atomic mass is 32.2. The summed E-state index contributed by atoms with van der Waals surface area (Å²) in [5, 5.41) is 9.77. The van der Waals surface area contributed by atoms with Gasteiger partial charge in [0.2, 0.25) is 10.0 Å². The molecular formula is C12H17NO3S. The Morgan fingerprint density at radius 3 is 2.47 bits per heavy atom. The summed E-state index contributed by atoms with van der Waals surface area (Å²) in [5.41, 5.74) is 1.02. The molecular weight excluding hydrogens is 238 g/mol. The van der Waals surface area contributed by atoms with Gasteiger partial charge in [0.05, 0.1) is 4.90 Å². The molecule has 0 bridgehead atoms. The molecule has 0 saturated carbocycles. The van der Waals surface area contributed by atoms with Gasteiger partial charge in [0.1, 0.15) is 6.23 Å². The molecule has 2 rings (SSSR count). The monoisotopic (exact) mass is 255 g/mol. The van der Waals surface area contributed by atoms with Crippen LogP contribution in [0.15, 0.2) is 29.2 Å². The van der Waals surface area contributed by atoms with E-state index in [1.165, 1.54) is 4.31 Å². The van der Waals surface area contributed by atoms with Crippen LogP contribution in [0.5, 0.6) is 0 Å². The van der Waals surface area contributed by atoms with Gasteiger partial charge in [0, 0.05) is 6.54 Å². The Morgan fingerprint density at radius 1 is 1.24 bits per heavy atom. The van der Waals surface area contributed by atoms with Crippen molar-refractivity contribution in [3.63, 3.8) is 0 Å². The molecule has 0 radical (unpaired) electrons. The van der Waals surface area contributed by atoms with Crippen LogP contribution in [0.2, 0.25) is 0 Å². The van der Waals surface area contributed by atoms with Crippen molar-refractivity contribution < 1.29 is 13.5 Å². The third kappa shape index (κ3) is 2.51. The minimum Gasteiger partial charge on any atom is -0.377 e. The van der Waals surface area contributed by atoms with Crippen LogP contribution in [0.25, 0.3) is 0 Å². The Morgan fingerprint density at radius 2 is 1.88 bits per heavy atom. The van der Waals surface area contributed by atoms with E-state index >= 15 is 0 Å². The summed E-state index contributed by atoms with van der Waals surface area (Å²) < 4.78 is 25.7. The molecule has 0 spiro atoms. The Balaban J connectivity index is 2.32. The number of aryl methyl sites for hydroxylation is 1. The SMILES string of the molecule is Cc1ccc(S(=O)(=O)N2CCCC[C@@H]2O)cc1. The van der Waals surface area contributed by atoms with Crippen molar-refractivity contribution in [2.45, 2.75) is 37.3 Å². The zero-order valence-corrected chi connectivity index (χ0v) is 10.7. The number of nitrogens with zero attached hydrogens (tertiary/aromatic N) is 1. The second-order valence-electron chi connectivity index (χ2n) is 4.41. The van der Waals surface area contributed by atoms with Gasteiger partial charge < -0.3 is 5.11 Å². The molecule has 94 valence electrons. The first-order chi connectivity index (χ1) is 8.01. The fourth-order valence-corrected chi connectivity index (χ4v) is 3.56. The summed E-state index contributed by atoms with van der Waals surface area (Å²) in [6.07, 6.45) is 1.32. The Labute approximate surface area is 102 Å². The van der Waals surface area contributed by atoms with Crippen molar-refractivity contribution in [1.82, 2.24) is 4.31 Å². The molecule has 1 aliphatic rings. The molecule has 0 aromatic heterocycles. The molecule has 1 aromatic carbocycles. The summed E-state index contributed by atoms with van der Waals surface area (Å²) in [5.74, 6) is 0. The normalized spacial score (nSPS) is 22.6. The quantitative estimate of drug-likeness (QED) is 0.871. The van der Waals surface area contributed by atoms with Crippen LogP contribution in [0, 0.1) is 6.92 Å². The van der Waals surface area contributed by atoms with Crippen LogP contribution in [-0.2, 0) is 10.0 Å². The van der Waals surface area contributed by atoms with E-state index in [-0.39, 0.29) is 4.90 Å². The van der Waals surface area contributed by atoms with E-state index in [9.17, 15) is 13.5 Å². The fraction of sp³-hybridized carbons (Fsp3) is 0.500. The summed E-state index contributed by atoms with van der Waals surface area (Å²) >= 11 is 0. The van der Waals surface area contributed by atoms with Gasteiger partial charge in [-0.2, -0.15) is 4.31 Å². The predicted octanol–water partition coefficient (Wildman–Crippen LogP) is 1.49. The summed E-state index contributed by atoms with van der Waals surface area (Å²) in [6, 6.07) is 6.71. The van der Waals surface area contributed by atoms with Gasteiger partial charge in [-0.3, -0.25) is 0 Å². The number of benzene rings is 1. The lowest BCUT2D eigenvalue weighted by Crippen LogP contribution is -2.43. The smallest absolute Gasteiger partial charge is 0.245 e. The second kappa shape index (κ2) is 4.76. The highest BCUT2D eigenvalue weighted by Crippen LogP contribution is 2.24. The van der Waals surface area contributed by atoms with Gasteiger partial charge in [0.25, 0.3) is 0 Å². The highest BCUT2D eigenvalue weighted by Gasteiger charge is 2.31. The average Bonchev–Trinajstić information content (AvgIpc) is 2.30. The van der Waals surface area contributed by atoms with Crippen molar-refractivity contribution in [2.75, 3.05) is 6.54 Å². The first kappa shape index (κ1) is 12.5. The van der Waals surface area contributed by atoms with Gasteiger partial charge in [-0.05, 0) is 38.3 Å². The molecule has 1 aromatic rings. The van der Waals surface area contributed by atoms with E-state index in [0.717, 1.165) is 18.4 Å². The minimum atomic E-state index is -3.54. The number of aliphatic hydroxyl groups excluding tert-OH is 1. The van der Waals surface area contributed by atoms with Crippen LogP contribution in [-0.4, -0.2) is 30.6 Å². The highest BCUT2D eigenvalue weighted by molar-refractivity contribution is 7.89. The molecule has 1 N–H and O–H groups in total. The number of hydrogen-bond acceptors (Lipinski definition) is 3. The maximum Gasteiger partial charge on any atom is 0.245 e. The fourth-order valence-electron chi connectivity index (χ4n) is 2.01. The van der Waals surface area contributed by atoms with Crippen LogP contribution >= 0.6 is 0 Å². The zero-order chi connectivity index (χ0) is 12.5. The van der Waals surface area contributed by atoms with Crippen LogP contribution < -0.4 is 0 Å². The van der Waals surface area contributed by atoms with Crippen molar-refractivity contribution in [3.05, 3.63) is 29.8 Å². The van der Waals surface area contributed by atoms with E-state index in [4.69, 9.17) is 0 Å². The van der Waals surface area contributed by atoms with Crippen molar-refractivity contribution in [1.29, 1.82) is 0 Å². The zero-order valence-electron chi connectivity index (χ0n) is 9.83. The number of sulfonamides is 1. The van der Waals surface area contributed by atoms with Gasteiger partial charge >= 0.3 is 0 Å². The molecule has 5 heteroatoms. The lowest BCUT2D eigenvalue weighted by molar-refractivity contribution is 0.0334. The molecule has 0 unspecified atom stereocenters. The van der Waals surface area contributed by atoms with Crippen molar-refractivity contribution >= 4 is 10.0 Å². The maximum atomic E-state index is 12.3. The Kier molecular flexibility index (Phi) is 3.51. The van der Waals surface area contributed by atoms with E-state index in [1.807, 2.05) is 6.92 Å². The summed E-state index contributed by atoms with van der Waals surface area (Å²) in [4.78, 5) is 0.254. The van der Waals surface area contributed by atoms with Gasteiger partial charge in [0.15, 0.2) is 0 Å². The van der Waals surface area contributed by atoms with Crippen molar-refractivity contribution in [2.24, 2.45) is 0 Å². The number of piperidine rings is 1. The molecule has 1 atom stereocenters. The molecule has 0 amide bonds. The van der Waals surface area contributed by atoms with Gasteiger partial charge in [-0.15, -0.1) is 0 Å². The molecule has 1 aliphatic heterocycles. The first-order valence-electron chi connectivity index (χ1n) is 5.78. The Hall–Kier alpha value is -0.910. The summed E-state index contributed by atoms with van der Waals surface area (Å²) in [7, 11) is -3.54. The van der Waals surface area contributed by atoms with Crippen LogP contribution in [0.1, 0.15) is 24.8 Å². The van der Waals surface area contributed by atoms with E-state index in [2.05, 4.69) is 0 Å². The molecule has 1 heterocycles. The topological polar surface area (TPSA) is 57.6 Å². The minimum absolute atomic E-state index is 0.254. The molecule has 1 saturated heterocycles. The standard InChI is InChI=1S/C12H17NO3S/c1-10-5-7-11(8-6-10)17(15,16)13-9-3-2-4-12(13)14/h5-8,12,14H,2-4,9H2,1H3/t12-/m0/s1. The van der Waals surface area contributed by atoms with Crippen molar-refractivity contribution in [3.8, 4) is 0 Å². The van der Waals surface area contributed by atoms with E-state index < -0.39 is 16.3 Å². The van der Waals surface area contributed by atoms with E-state index in [0.29, 0.717) is 13.0 Å². The lowest BCUT2D eigenvalue weighted by atomic mass is 10.1. The lowest BCUT2D eigenvalue weighted by Gasteiger charge is -2.30. The number of aliphatic hydroxyl groups is 1. The van der Waals surface area contributed by atoms with E-state index in [1.54, 1.807) is 24.3 Å². The maximum absolute atomic E-state index is 12.3. The molecule has 0 aliphatic carbocycles. The largest absolute Gasteiger partial charge is 0.377 e. The predicted molar refractivity (Wildman–Crippen MR) is 64.9 cm³/mol. The summed E-state index contributed by atoms with van der Waals surface area (Å²) in [6.45, 7) is 2.31. The number of hydrogen-bond donors (Lipinski definition) is 1. The average molecular weight is 255 g/mol. The molecule has 4 nitrogen and oxygen atoms in total. The van der Waals surface area contributed by atoms with Gasteiger partial charge in [-0.25, -0.2) is 8.42 Å².